The molecule has 0 amide bonds. The van der Waals surface area contributed by atoms with E-state index in [2.05, 4.69) is 29.4 Å². The molecule has 5 heteroatoms. The monoisotopic (exact) mass is 323 g/mol. The lowest BCUT2D eigenvalue weighted by Gasteiger charge is -2.12. The first-order chi connectivity index (χ1) is 11.7. The number of nitrogens with zero attached hydrogens (tertiary/aromatic N) is 3. The number of hydrogen-bond donors (Lipinski definition) is 2. The molecule has 0 fully saturated rings. The third-order valence-electron chi connectivity index (χ3n) is 4.13. The zero-order valence-corrected chi connectivity index (χ0v) is 13.6. The van der Waals surface area contributed by atoms with Gasteiger partial charge in [-0.05, 0) is 35.6 Å². The fourth-order valence-electron chi connectivity index (χ4n) is 2.75. The number of aromatic nitrogens is 3. The molecule has 3 aromatic rings. The number of rotatable bonds is 6. The summed E-state index contributed by atoms with van der Waals surface area (Å²) in [7, 11) is 0. The highest BCUT2D eigenvalue weighted by atomic mass is 16.3. The van der Waals surface area contributed by atoms with E-state index in [-0.39, 0.29) is 18.3 Å². The number of phenols is 1. The molecule has 0 radical (unpaired) electrons. The summed E-state index contributed by atoms with van der Waals surface area (Å²) in [4.78, 5) is 0. The van der Waals surface area contributed by atoms with E-state index in [0.29, 0.717) is 12.1 Å². The van der Waals surface area contributed by atoms with Crippen molar-refractivity contribution in [2.24, 2.45) is 0 Å². The molecule has 1 aromatic heterocycles. The molecule has 0 bridgehead atoms. The van der Waals surface area contributed by atoms with E-state index in [1.807, 2.05) is 41.2 Å². The van der Waals surface area contributed by atoms with Gasteiger partial charge in [-0.2, -0.15) is 0 Å². The predicted octanol–water partition coefficient (Wildman–Crippen LogP) is 2.87. The van der Waals surface area contributed by atoms with Crippen LogP contribution in [0.1, 0.15) is 35.2 Å². The van der Waals surface area contributed by atoms with Crippen LogP contribution in [0.25, 0.3) is 0 Å². The molecule has 0 aliphatic carbocycles. The van der Waals surface area contributed by atoms with E-state index in [4.69, 9.17) is 0 Å². The molecule has 0 aliphatic heterocycles. The van der Waals surface area contributed by atoms with Gasteiger partial charge in [-0.15, -0.1) is 5.10 Å². The van der Waals surface area contributed by atoms with Crippen LogP contribution in [0.4, 0.5) is 0 Å². The molecular weight excluding hydrogens is 302 g/mol. The minimum Gasteiger partial charge on any atom is -0.508 e. The molecule has 0 saturated carbocycles. The Morgan fingerprint density at radius 2 is 1.92 bits per heavy atom. The fourth-order valence-corrected chi connectivity index (χ4v) is 2.75. The zero-order valence-electron chi connectivity index (χ0n) is 13.6. The Labute approximate surface area is 141 Å². The number of benzene rings is 2. The summed E-state index contributed by atoms with van der Waals surface area (Å²) < 4.78 is 1.84. The van der Waals surface area contributed by atoms with Gasteiger partial charge in [0.05, 0.1) is 18.8 Å². The quantitative estimate of drug-likeness (QED) is 0.732. The van der Waals surface area contributed by atoms with Crippen LogP contribution in [0.2, 0.25) is 0 Å². The molecule has 124 valence electrons. The van der Waals surface area contributed by atoms with Crippen molar-refractivity contribution in [2.75, 3.05) is 0 Å². The summed E-state index contributed by atoms with van der Waals surface area (Å²) in [5.74, 6) is 0.347. The maximum atomic E-state index is 9.66. The highest BCUT2D eigenvalue weighted by molar-refractivity contribution is 5.37. The molecule has 3 rings (SSSR count). The summed E-state index contributed by atoms with van der Waals surface area (Å²) in [5.41, 5.74) is 3.73. The highest BCUT2D eigenvalue weighted by Gasteiger charge is 2.12. The zero-order chi connectivity index (χ0) is 16.9. The lowest BCUT2D eigenvalue weighted by molar-refractivity contribution is 0.275. The van der Waals surface area contributed by atoms with Crippen LogP contribution >= 0.6 is 0 Å². The lowest BCUT2D eigenvalue weighted by Crippen LogP contribution is -2.01. The molecule has 24 heavy (non-hydrogen) atoms. The number of aromatic hydroxyl groups is 1. The first-order valence-electron chi connectivity index (χ1n) is 8.01. The minimum absolute atomic E-state index is 0.127. The summed E-state index contributed by atoms with van der Waals surface area (Å²) in [6.45, 7) is 2.64. The van der Waals surface area contributed by atoms with Gasteiger partial charge in [0.1, 0.15) is 5.75 Å². The average molecular weight is 323 g/mol. The Morgan fingerprint density at radius 1 is 1.12 bits per heavy atom. The van der Waals surface area contributed by atoms with Gasteiger partial charge in [0, 0.05) is 11.8 Å². The summed E-state index contributed by atoms with van der Waals surface area (Å²) in [6, 6.07) is 15.5. The minimum atomic E-state index is -0.167. The smallest absolute Gasteiger partial charge is 0.121 e. The fraction of sp³-hybridized carbons (Fsp3) is 0.263. The Balaban J connectivity index is 1.68. The van der Waals surface area contributed by atoms with Gasteiger partial charge >= 0.3 is 0 Å². The standard InChI is InChI=1S/C19H21N3O2/c1-14(16-7-8-19(24)17(10-16)13-23)9-18-12-22(21-20-18)11-15-5-3-2-4-6-15/h2-8,10,12,14,23-24H,9,11,13H2,1H3. The predicted molar refractivity (Wildman–Crippen MR) is 91.7 cm³/mol. The molecule has 1 heterocycles. The maximum absolute atomic E-state index is 9.66. The molecule has 0 aliphatic rings. The van der Waals surface area contributed by atoms with Crippen molar-refractivity contribution in [1.29, 1.82) is 0 Å². The lowest BCUT2D eigenvalue weighted by atomic mass is 9.95. The van der Waals surface area contributed by atoms with Crippen LogP contribution in [0.5, 0.6) is 5.75 Å². The summed E-state index contributed by atoms with van der Waals surface area (Å²) >= 11 is 0. The van der Waals surface area contributed by atoms with Crippen LogP contribution in [0, 0.1) is 0 Å². The molecule has 5 nitrogen and oxygen atoms in total. The molecule has 2 N–H and O–H groups in total. The number of aliphatic hydroxyl groups is 1. The molecule has 1 atom stereocenters. The first-order valence-corrected chi connectivity index (χ1v) is 8.01. The van der Waals surface area contributed by atoms with Crippen molar-refractivity contribution < 1.29 is 10.2 Å². The van der Waals surface area contributed by atoms with Crippen molar-refractivity contribution in [3.8, 4) is 5.75 Å². The van der Waals surface area contributed by atoms with Gasteiger partial charge in [-0.3, -0.25) is 0 Å². The van der Waals surface area contributed by atoms with Gasteiger partial charge in [0.2, 0.25) is 0 Å². The maximum Gasteiger partial charge on any atom is 0.121 e. The molecule has 0 saturated heterocycles. The second-order valence-electron chi connectivity index (χ2n) is 6.04. The Hall–Kier alpha value is -2.66. The van der Waals surface area contributed by atoms with E-state index in [1.54, 1.807) is 6.07 Å². The van der Waals surface area contributed by atoms with Gasteiger partial charge in [0.15, 0.2) is 0 Å². The van der Waals surface area contributed by atoms with Crippen LogP contribution in [0.3, 0.4) is 0 Å². The van der Waals surface area contributed by atoms with Crippen molar-refractivity contribution in [1.82, 2.24) is 15.0 Å². The van der Waals surface area contributed by atoms with E-state index in [0.717, 1.165) is 17.7 Å². The van der Waals surface area contributed by atoms with Crippen molar-refractivity contribution in [2.45, 2.75) is 32.4 Å². The number of hydrogen-bond acceptors (Lipinski definition) is 4. The van der Waals surface area contributed by atoms with Crippen LogP contribution in [0.15, 0.2) is 54.7 Å². The summed E-state index contributed by atoms with van der Waals surface area (Å²) in [6.07, 6.45) is 2.72. The Morgan fingerprint density at radius 3 is 2.67 bits per heavy atom. The first kappa shape index (κ1) is 16.2. The summed E-state index contributed by atoms with van der Waals surface area (Å²) in [5, 5.41) is 27.4. The van der Waals surface area contributed by atoms with E-state index in [9.17, 15) is 10.2 Å². The SMILES string of the molecule is CC(Cc1cn(Cc2ccccc2)nn1)c1ccc(O)c(CO)c1. The van der Waals surface area contributed by atoms with E-state index >= 15 is 0 Å². The van der Waals surface area contributed by atoms with Crippen LogP contribution < -0.4 is 0 Å². The largest absolute Gasteiger partial charge is 0.508 e. The third kappa shape index (κ3) is 3.81. The van der Waals surface area contributed by atoms with Gasteiger partial charge in [-0.25, -0.2) is 4.68 Å². The number of aliphatic hydroxyl groups excluding tert-OH is 1. The topological polar surface area (TPSA) is 71.2 Å². The van der Waals surface area contributed by atoms with Crippen molar-refractivity contribution in [3.05, 3.63) is 77.1 Å². The highest BCUT2D eigenvalue weighted by Crippen LogP contribution is 2.25. The van der Waals surface area contributed by atoms with Crippen molar-refractivity contribution >= 4 is 0 Å². The molecule has 2 aromatic carbocycles. The van der Waals surface area contributed by atoms with Crippen LogP contribution in [-0.2, 0) is 19.6 Å². The average Bonchev–Trinajstić information content (AvgIpc) is 3.03. The second kappa shape index (κ2) is 7.27. The van der Waals surface area contributed by atoms with E-state index < -0.39 is 0 Å². The van der Waals surface area contributed by atoms with Crippen LogP contribution in [-0.4, -0.2) is 25.2 Å². The van der Waals surface area contributed by atoms with Gasteiger partial charge in [-0.1, -0.05) is 48.5 Å². The molecule has 0 spiro atoms. The normalized spacial score (nSPS) is 12.2. The Kier molecular flexibility index (Phi) is 4.91. The van der Waals surface area contributed by atoms with Crippen molar-refractivity contribution in [3.63, 3.8) is 0 Å². The second-order valence-corrected chi connectivity index (χ2v) is 6.04. The van der Waals surface area contributed by atoms with E-state index in [1.165, 1.54) is 5.56 Å². The Bertz CT molecular complexity index is 799. The van der Waals surface area contributed by atoms with Gasteiger partial charge in [0.25, 0.3) is 0 Å². The van der Waals surface area contributed by atoms with Gasteiger partial charge < -0.3 is 10.2 Å². The third-order valence-corrected chi connectivity index (χ3v) is 4.13. The molecule has 1 unspecified atom stereocenters. The molecular formula is C19H21N3O2.